The number of piperazine rings is 1. The number of unbranched alkanes of at least 4 members (excludes halogenated alkanes) is 2. The van der Waals surface area contributed by atoms with Gasteiger partial charge < -0.3 is 44.4 Å². The molecule has 2 heterocycles. The molecule has 24 heteroatoms. The average Bonchev–Trinajstić information content (AvgIpc) is 2.59. The first-order valence-corrected chi connectivity index (χ1v) is 34.0. The minimum Gasteiger partial charge on any atom is -0.484 e. The number of nitrogens with one attached hydrogen (secondary N) is 4. The van der Waals surface area contributed by atoms with Gasteiger partial charge in [0.1, 0.15) is 29.5 Å². The monoisotopic (exact) mass is 1280 g/mol. The number of ether oxygens (including phenoxy) is 6. The Kier molecular flexibility index (Phi) is 26.4. The summed E-state index contributed by atoms with van der Waals surface area (Å²) in [7, 11) is -7.32. The van der Waals surface area contributed by atoms with E-state index in [1.165, 1.54) is 18.6 Å². The minimum absolute atomic E-state index is 0.0673. The molecule has 2 saturated heterocycles. The van der Waals surface area contributed by atoms with E-state index in [1.54, 1.807) is 48.5 Å². The Labute approximate surface area is 515 Å². The van der Waals surface area contributed by atoms with E-state index < -0.39 is 19.9 Å². The summed E-state index contributed by atoms with van der Waals surface area (Å²) >= 11 is 26.1. The molecule has 4 aromatic rings. The molecule has 2 aliphatic carbocycles. The van der Waals surface area contributed by atoms with E-state index in [0.717, 1.165) is 106 Å². The quantitative estimate of drug-likeness (QED) is 0.0316. The molecule has 8 rings (SSSR count). The molecular formula is C60H80Cl4N6O12S2. The number of Topliss-reactive ketones (excluding diaryl/α,β-unsaturated/α-hetero) is 1. The number of piperidine rings is 1. The van der Waals surface area contributed by atoms with Gasteiger partial charge in [-0.05, 0) is 148 Å². The summed E-state index contributed by atoms with van der Waals surface area (Å²) in [5, 5.41) is 11.3. The van der Waals surface area contributed by atoms with Crippen molar-refractivity contribution in [2.45, 2.75) is 111 Å². The van der Waals surface area contributed by atoms with Crippen molar-refractivity contribution in [2.24, 2.45) is 0 Å². The normalized spacial score (nSPS) is 19.2. The molecule has 4 N–H and O–H groups in total. The Bertz CT molecular complexity index is 2780. The third kappa shape index (κ3) is 19.8. The molecule has 0 bridgehead atoms. The van der Waals surface area contributed by atoms with Gasteiger partial charge in [0, 0.05) is 103 Å². The molecule has 0 aromatic heterocycles. The smallest absolute Gasteiger partial charge is 0.314 e. The molecule has 2 aliphatic heterocycles. The van der Waals surface area contributed by atoms with E-state index in [-0.39, 0.29) is 78.0 Å². The van der Waals surface area contributed by atoms with E-state index in [0.29, 0.717) is 103 Å². The van der Waals surface area contributed by atoms with Gasteiger partial charge >= 0.3 is 6.03 Å². The number of rotatable bonds is 35. The highest BCUT2D eigenvalue weighted by Crippen LogP contribution is 2.45. The first-order valence-electron chi connectivity index (χ1n) is 29.4. The lowest BCUT2D eigenvalue weighted by molar-refractivity contribution is -0.119. The first-order chi connectivity index (χ1) is 40.6. The number of halogens is 4. The predicted octanol–water partition coefficient (Wildman–Crippen LogP) is 9.20. The molecule has 0 unspecified atom stereocenters. The largest absolute Gasteiger partial charge is 0.484 e. The Morgan fingerprint density at radius 2 is 1.04 bits per heavy atom. The van der Waals surface area contributed by atoms with Crippen LogP contribution in [0.2, 0.25) is 20.1 Å². The van der Waals surface area contributed by atoms with Crippen molar-refractivity contribution < 1.29 is 54.8 Å². The lowest BCUT2D eigenvalue weighted by Gasteiger charge is -2.36. The zero-order chi connectivity index (χ0) is 59.3. The molecule has 2 amide bonds. The van der Waals surface area contributed by atoms with Crippen molar-refractivity contribution in [3.8, 4) is 11.5 Å². The fourth-order valence-electron chi connectivity index (χ4n) is 11.2. The summed E-state index contributed by atoms with van der Waals surface area (Å²) in [6, 6.07) is 20.3. The van der Waals surface area contributed by atoms with Crippen LogP contribution in [0.25, 0.3) is 0 Å². The molecule has 4 aromatic carbocycles. The fourth-order valence-corrected chi connectivity index (χ4v) is 14.7. The number of fused-ring (bicyclic) bond motifs is 2. The Balaban J connectivity index is 0.576. The molecular weight excluding hydrogens is 1200 g/mol. The van der Waals surface area contributed by atoms with Crippen LogP contribution in [0.15, 0.2) is 82.6 Å². The molecule has 0 saturated carbocycles. The predicted molar refractivity (Wildman–Crippen MR) is 327 cm³/mol. The summed E-state index contributed by atoms with van der Waals surface area (Å²) < 4.78 is 90.3. The second-order valence-electron chi connectivity index (χ2n) is 21.5. The number of nitrogens with zero attached hydrogens (tertiary/aromatic N) is 2. The second-order valence-corrected chi connectivity index (χ2v) is 27.1. The molecule has 4 atom stereocenters. The summed E-state index contributed by atoms with van der Waals surface area (Å²) in [5.41, 5.74) is 4.01. The van der Waals surface area contributed by atoms with Crippen LogP contribution in [0.5, 0.6) is 11.5 Å². The van der Waals surface area contributed by atoms with Crippen molar-refractivity contribution in [3.63, 3.8) is 0 Å². The van der Waals surface area contributed by atoms with Gasteiger partial charge in [0.25, 0.3) is 0 Å². The number of sulfonamides is 1. The van der Waals surface area contributed by atoms with E-state index in [9.17, 15) is 26.4 Å². The van der Waals surface area contributed by atoms with E-state index in [1.807, 2.05) is 12.1 Å². The third-order valence-corrected chi connectivity index (χ3v) is 19.9. The van der Waals surface area contributed by atoms with Crippen molar-refractivity contribution >= 4 is 78.1 Å². The highest BCUT2D eigenvalue weighted by Gasteiger charge is 2.41. The number of hydrogen-bond acceptors (Lipinski definition) is 15. The van der Waals surface area contributed by atoms with Gasteiger partial charge in [0.2, 0.25) is 10.0 Å². The second kappa shape index (κ2) is 33.5. The van der Waals surface area contributed by atoms with E-state index in [4.69, 9.17) is 74.8 Å². The topological polar surface area (TPSA) is 212 Å². The van der Waals surface area contributed by atoms with Crippen molar-refractivity contribution in [2.75, 3.05) is 118 Å². The van der Waals surface area contributed by atoms with Crippen LogP contribution >= 0.6 is 46.4 Å². The molecule has 0 spiro atoms. The summed E-state index contributed by atoms with van der Waals surface area (Å²) in [4.78, 5) is 29.8. The highest BCUT2D eigenvalue weighted by molar-refractivity contribution is 7.91. The zero-order valence-electron chi connectivity index (χ0n) is 47.6. The third-order valence-electron chi connectivity index (χ3n) is 15.5. The number of sulfone groups is 1. The van der Waals surface area contributed by atoms with Gasteiger partial charge in [0.05, 0.1) is 67.3 Å². The maximum atomic E-state index is 13.1. The summed E-state index contributed by atoms with van der Waals surface area (Å²) in [6.07, 6.45) is 8.51. The number of urea groups is 1. The number of benzene rings is 4. The van der Waals surface area contributed by atoms with Crippen LogP contribution in [0.4, 0.5) is 4.79 Å². The Morgan fingerprint density at radius 1 is 0.536 bits per heavy atom. The molecule has 18 nitrogen and oxygen atoms in total. The van der Waals surface area contributed by atoms with Crippen LogP contribution in [0, 0.1) is 0 Å². The number of carbonyl (C=O) groups is 2. The average molecular weight is 1280 g/mol. The van der Waals surface area contributed by atoms with Crippen molar-refractivity contribution in [1.29, 1.82) is 0 Å². The molecule has 84 heavy (non-hydrogen) atoms. The van der Waals surface area contributed by atoms with E-state index >= 15 is 0 Å². The van der Waals surface area contributed by atoms with Gasteiger partial charge in [-0.1, -0.05) is 59.2 Å². The molecule has 462 valence electrons. The van der Waals surface area contributed by atoms with Crippen LogP contribution in [-0.2, 0) is 56.4 Å². The fraction of sp³-hybridized carbons (Fsp3) is 0.567. The number of hydrogen-bond donors (Lipinski definition) is 4. The van der Waals surface area contributed by atoms with Gasteiger partial charge in [-0.15, -0.1) is 0 Å². The van der Waals surface area contributed by atoms with Crippen LogP contribution < -0.4 is 30.1 Å². The standard InChI is InChI=1S/C60H80Cl4N6O12S2/c61-43-37-52-50(54(63)39-43)41-56(69-24-5-2-6-25-69)58(52)82-47-13-17-49(18-14-47)84(75,76)68-23-31-80-35-32-77-28-7-10-45(71)9-3-1-4-19-66-60(72)67-22-30-79-34-33-78-29-8-36-83(73,74)48-15-11-46(12-16-48)81-59-53-38-44(62)40-55(64)51(53)42-57(59)70-26-20-65-21-27-70/h11-18,37-40,56-59,65,68H,1-10,19-36,41-42H2,(H2,66,67,72)/t56-,57-,58-,59-/m0/s1. The zero-order valence-corrected chi connectivity index (χ0v) is 52.2. The van der Waals surface area contributed by atoms with Gasteiger partial charge in [-0.25, -0.2) is 26.4 Å². The summed E-state index contributed by atoms with van der Waals surface area (Å²) in [6.45, 7) is 8.79. The van der Waals surface area contributed by atoms with Gasteiger partial charge in [-0.2, -0.15) is 0 Å². The Hall–Kier alpha value is -3.84. The van der Waals surface area contributed by atoms with Crippen molar-refractivity contribution in [3.05, 3.63) is 115 Å². The number of ketones is 1. The Morgan fingerprint density at radius 3 is 1.62 bits per heavy atom. The van der Waals surface area contributed by atoms with Gasteiger partial charge in [-0.3, -0.25) is 14.6 Å². The maximum absolute atomic E-state index is 13.1. The lowest BCUT2D eigenvalue weighted by Crippen LogP contribution is -2.50. The molecule has 4 aliphatic rings. The first kappa shape index (κ1) is 66.1. The van der Waals surface area contributed by atoms with E-state index in [2.05, 4.69) is 30.5 Å². The SMILES string of the molecule is O=C(CCCCCNC(=O)NCCOCCOCCCS(=O)(=O)c1ccc(O[C@H]2c3cc(Cl)cc(Cl)c3C[C@@H]2N2CCNCC2)cc1)CCCOCCOCCNS(=O)(=O)c1ccc(O[C@H]2c3cc(Cl)cc(Cl)c3C[C@@H]2N2CCCCC2)cc1. The maximum Gasteiger partial charge on any atom is 0.314 e. The molecule has 2 fully saturated rings. The van der Waals surface area contributed by atoms with Crippen LogP contribution in [-0.4, -0.2) is 168 Å². The lowest BCUT2D eigenvalue weighted by atomic mass is 10.0. The number of likely N-dealkylation sites (tertiary alicyclic amines) is 1. The van der Waals surface area contributed by atoms with Crippen LogP contribution in [0.3, 0.4) is 0 Å². The van der Waals surface area contributed by atoms with Gasteiger partial charge in [0.15, 0.2) is 9.84 Å². The number of carbonyl (C=O) groups excluding carboxylic acids is 2. The van der Waals surface area contributed by atoms with Crippen LogP contribution in [0.1, 0.15) is 98.7 Å². The molecule has 0 radical (unpaired) electrons. The number of amides is 2. The highest BCUT2D eigenvalue weighted by atomic mass is 35.5. The summed E-state index contributed by atoms with van der Waals surface area (Å²) in [5.74, 6) is 1.23. The minimum atomic E-state index is -3.78. The van der Waals surface area contributed by atoms with Crippen molar-refractivity contribution in [1.82, 2.24) is 30.5 Å².